The van der Waals surface area contributed by atoms with E-state index in [1.54, 1.807) is 20.4 Å². The van der Waals surface area contributed by atoms with Crippen LogP contribution in [-0.2, 0) is 11.8 Å². The van der Waals surface area contributed by atoms with Crippen LogP contribution in [0.5, 0.6) is 11.5 Å². The van der Waals surface area contributed by atoms with Crippen LogP contribution in [0.1, 0.15) is 49.5 Å². The van der Waals surface area contributed by atoms with Crippen molar-refractivity contribution in [2.24, 2.45) is 13.0 Å². The number of methoxy groups -OCH3 is 2. The Bertz CT molecular complexity index is 728. The molecule has 3 rings (SSSR count). The van der Waals surface area contributed by atoms with E-state index in [0.29, 0.717) is 23.8 Å². The lowest BCUT2D eigenvalue weighted by Gasteiger charge is -2.21. The summed E-state index contributed by atoms with van der Waals surface area (Å²) in [5.74, 6) is 2.70. The second kappa shape index (κ2) is 8.25. The first-order valence-corrected chi connectivity index (χ1v) is 9.10. The molecule has 0 saturated heterocycles. The zero-order valence-electron chi connectivity index (χ0n) is 15.7. The highest BCUT2D eigenvalue weighted by molar-refractivity contribution is 5.77. The molecule has 0 bridgehead atoms. The lowest BCUT2D eigenvalue weighted by molar-refractivity contribution is -0.122. The number of aromatic nitrogens is 2. The molecule has 1 heterocycles. The third-order valence-corrected chi connectivity index (χ3v) is 5.08. The average Bonchev–Trinajstić information content (AvgIpc) is 3.30. The molecule has 1 fully saturated rings. The molecule has 0 aliphatic heterocycles. The van der Waals surface area contributed by atoms with Gasteiger partial charge in [0, 0.05) is 31.9 Å². The Kier molecular flexibility index (Phi) is 5.81. The van der Waals surface area contributed by atoms with Crippen molar-refractivity contribution in [2.75, 3.05) is 14.2 Å². The van der Waals surface area contributed by atoms with Gasteiger partial charge in [-0.15, -0.1) is 0 Å². The van der Waals surface area contributed by atoms with Gasteiger partial charge < -0.3 is 19.4 Å². The largest absolute Gasteiger partial charge is 0.497 e. The summed E-state index contributed by atoms with van der Waals surface area (Å²) in [4.78, 5) is 17.1. The van der Waals surface area contributed by atoms with E-state index >= 15 is 0 Å². The van der Waals surface area contributed by atoms with Gasteiger partial charge in [-0.05, 0) is 36.5 Å². The number of nitrogens with zero attached hydrogens (tertiary/aromatic N) is 2. The summed E-state index contributed by atoms with van der Waals surface area (Å²) in [6.07, 6.45) is 8.94. The smallest absolute Gasteiger partial charge is 0.221 e. The van der Waals surface area contributed by atoms with E-state index in [4.69, 9.17) is 9.47 Å². The number of benzene rings is 1. The Morgan fingerprint density at radius 1 is 1.23 bits per heavy atom. The standard InChI is InChI=1S/C20H27N3O3/c1-23-9-8-21-20(23)19(22-18(24)10-14-6-4-5-7-14)15-11-16(25-2)13-17(12-15)26-3/h8-9,11-14,19H,4-7,10H2,1-3H3,(H,22,24)/t19-/m0/s1. The van der Waals surface area contributed by atoms with Crippen molar-refractivity contribution in [1.29, 1.82) is 0 Å². The van der Waals surface area contributed by atoms with Crippen LogP contribution in [0.15, 0.2) is 30.6 Å². The predicted octanol–water partition coefficient (Wildman–Crippen LogP) is 3.22. The number of aryl methyl sites for hydroxylation is 1. The summed E-state index contributed by atoms with van der Waals surface area (Å²) in [6, 6.07) is 5.29. The van der Waals surface area contributed by atoms with Crippen LogP contribution in [0, 0.1) is 5.92 Å². The molecule has 140 valence electrons. The summed E-state index contributed by atoms with van der Waals surface area (Å²) in [5, 5.41) is 3.17. The first-order valence-electron chi connectivity index (χ1n) is 9.10. The van der Waals surface area contributed by atoms with E-state index in [1.165, 1.54) is 12.8 Å². The zero-order valence-corrected chi connectivity index (χ0v) is 15.7. The van der Waals surface area contributed by atoms with E-state index in [2.05, 4.69) is 10.3 Å². The molecule has 1 aromatic carbocycles. The molecule has 1 aliphatic carbocycles. The average molecular weight is 357 g/mol. The van der Waals surface area contributed by atoms with Gasteiger partial charge in [-0.1, -0.05) is 12.8 Å². The fourth-order valence-corrected chi connectivity index (χ4v) is 3.64. The van der Waals surface area contributed by atoms with Crippen LogP contribution >= 0.6 is 0 Å². The summed E-state index contributed by atoms with van der Waals surface area (Å²) < 4.78 is 12.7. The summed E-state index contributed by atoms with van der Waals surface area (Å²) in [7, 11) is 5.16. The minimum atomic E-state index is -0.354. The van der Waals surface area contributed by atoms with Crippen LogP contribution < -0.4 is 14.8 Å². The Balaban J connectivity index is 1.88. The van der Waals surface area contributed by atoms with E-state index in [9.17, 15) is 4.79 Å². The molecule has 1 amide bonds. The minimum Gasteiger partial charge on any atom is -0.497 e. The lowest BCUT2D eigenvalue weighted by atomic mass is 10.0. The normalized spacial score (nSPS) is 15.7. The Hall–Kier alpha value is -2.50. The van der Waals surface area contributed by atoms with Gasteiger partial charge in [-0.2, -0.15) is 0 Å². The van der Waals surface area contributed by atoms with Crippen LogP contribution in [0.25, 0.3) is 0 Å². The second-order valence-corrected chi connectivity index (χ2v) is 6.90. The maximum Gasteiger partial charge on any atom is 0.221 e. The molecule has 1 saturated carbocycles. The number of ether oxygens (including phenoxy) is 2. The second-order valence-electron chi connectivity index (χ2n) is 6.90. The number of hydrogen-bond donors (Lipinski definition) is 1. The number of hydrogen-bond acceptors (Lipinski definition) is 4. The number of rotatable bonds is 7. The summed E-state index contributed by atoms with van der Waals surface area (Å²) in [5.41, 5.74) is 0.885. The number of amides is 1. The highest BCUT2D eigenvalue weighted by atomic mass is 16.5. The maximum absolute atomic E-state index is 12.7. The molecule has 1 aliphatic rings. The summed E-state index contributed by atoms with van der Waals surface area (Å²) in [6.45, 7) is 0. The van der Waals surface area contributed by atoms with Crippen molar-refractivity contribution in [1.82, 2.24) is 14.9 Å². The zero-order chi connectivity index (χ0) is 18.5. The SMILES string of the molecule is COc1cc(OC)cc([C@H](NC(=O)CC2CCCC2)c2nccn2C)c1. The van der Waals surface area contributed by atoms with Crippen LogP contribution in [-0.4, -0.2) is 29.7 Å². The predicted molar refractivity (Wildman–Crippen MR) is 99.3 cm³/mol. The molecular formula is C20H27N3O3. The van der Waals surface area contributed by atoms with E-state index in [1.807, 2.05) is 36.0 Å². The van der Waals surface area contributed by atoms with Crippen LogP contribution in [0.4, 0.5) is 0 Å². The fraction of sp³-hybridized carbons (Fsp3) is 0.500. The maximum atomic E-state index is 12.7. The van der Waals surface area contributed by atoms with Gasteiger partial charge in [-0.3, -0.25) is 4.79 Å². The van der Waals surface area contributed by atoms with Crippen molar-refractivity contribution in [3.8, 4) is 11.5 Å². The van der Waals surface area contributed by atoms with Gasteiger partial charge >= 0.3 is 0 Å². The minimum absolute atomic E-state index is 0.0617. The van der Waals surface area contributed by atoms with Crippen molar-refractivity contribution in [3.63, 3.8) is 0 Å². The quantitative estimate of drug-likeness (QED) is 0.826. The van der Waals surface area contributed by atoms with Crippen LogP contribution in [0.3, 0.4) is 0 Å². The lowest BCUT2D eigenvalue weighted by Crippen LogP contribution is -2.32. The molecular weight excluding hydrogens is 330 g/mol. The number of carbonyl (C=O) groups is 1. The van der Waals surface area contributed by atoms with Crippen LogP contribution in [0.2, 0.25) is 0 Å². The molecule has 2 aromatic rings. The van der Waals surface area contributed by atoms with Gasteiger partial charge in [0.1, 0.15) is 23.4 Å². The first kappa shape index (κ1) is 18.3. The third kappa shape index (κ3) is 4.18. The van der Waals surface area contributed by atoms with Crippen molar-refractivity contribution in [2.45, 2.75) is 38.1 Å². The van der Waals surface area contributed by atoms with Crippen molar-refractivity contribution in [3.05, 3.63) is 42.0 Å². The molecule has 6 heteroatoms. The summed E-state index contributed by atoms with van der Waals surface area (Å²) >= 11 is 0. The van der Waals surface area contributed by atoms with E-state index in [-0.39, 0.29) is 11.9 Å². The Morgan fingerprint density at radius 2 is 1.88 bits per heavy atom. The molecule has 1 atom stereocenters. The molecule has 6 nitrogen and oxygen atoms in total. The third-order valence-electron chi connectivity index (χ3n) is 5.08. The van der Waals surface area contributed by atoms with Crippen molar-refractivity contribution < 1.29 is 14.3 Å². The van der Waals surface area contributed by atoms with Gasteiger partial charge in [-0.25, -0.2) is 4.98 Å². The van der Waals surface area contributed by atoms with Gasteiger partial charge in [0.15, 0.2) is 0 Å². The first-order chi connectivity index (χ1) is 12.6. The molecule has 0 radical (unpaired) electrons. The topological polar surface area (TPSA) is 65.4 Å². The van der Waals surface area contributed by atoms with E-state index in [0.717, 1.165) is 24.2 Å². The fourth-order valence-electron chi connectivity index (χ4n) is 3.64. The highest BCUT2D eigenvalue weighted by Gasteiger charge is 2.25. The molecule has 1 aromatic heterocycles. The monoisotopic (exact) mass is 357 g/mol. The van der Waals surface area contributed by atoms with Crippen molar-refractivity contribution >= 4 is 5.91 Å². The number of carbonyl (C=O) groups excluding carboxylic acids is 1. The molecule has 1 N–H and O–H groups in total. The molecule has 26 heavy (non-hydrogen) atoms. The Morgan fingerprint density at radius 3 is 2.42 bits per heavy atom. The Labute approximate surface area is 154 Å². The van der Waals surface area contributed by atoms with E-state index < -0.39 is 0 Å². The van der Waals surface area contributed by atoms with Gasteiger partial charge in [0.25, 0.3) is 0 Å². The van der Waals surface area contributed by atoms with Gasteiger partial charge in [0.05, 0.1) is 14.2 Å². The number of imidazole rings is 1. The number of nitrogens with one attached hydrogen (secondary N) is 1. The molecule has 0 spiro atoms. The highest BCUT2D eigenvalue weighted by Crippen LogP contribution is 2.31. The molecule has 0 unspecified atom stereocenters. The van der Waals surface area contributed by atoms with Gasteiger partial charge in [0.2, 0.25) is 5.91 Å².